The van der Waals surface area contributed by atoms with E-state index in [-0.39, 0.29) is 5.41 Å². The molecule has 0 unspecified atom stereocenters. The molecule has 1 aromatic rings. The highest BCUT2D eigenvalue weighted by Crippen LogP contribution is 2.43. The van der Waals surface area contributed by atoms with Gasteiger partial charge in [-0.3, -0.25) is 0 Å². The molecule has 0 spiro atoms. The molecule has 76 valence electrons. The van der Waals surface area contributed by atoms with Crippen LogP contribution in [0.15, 0.2) is 16.6 Å². The summed E-state index contributed by atoms with van der Waals surface area (Å²) in [6, 6.07) is 4.41. The van der Waals surface area contributed by atoms with Gasteiger partial charge in [-0.25, -0.2) is 0 Å². The highest BCUT2D eigenvalue weighted by atomic mass is 79.9. The lowest BCUT2D eigenvalue weighted by molar-refractivity contribution is 0.563. The topological polar surface area (TPSA) is 3.24 Å². The normalized spacial score (nSPS) is 18.5. The van der Waals surface area contributed by atoms with Crippen LogP contribution in [0.3, 0.4) is 0 Å². The van der Waals surface area contributed by atoms with E-state index in [9.17, 15) is 0 Å². The highest BCUT2D eigenvalue weighted by Gasteiger charge is 2.34. The fourth-order valence-electron chi connectivity index (χ4n) is 2.47. The summed E-state index contributed by atoms with van der Waals surface area (Å²) in [6.07, 6.45) is 0. The molecule has 0 radical (unpaired) electrons. The van der Waals surface area contributed by atoms with Crippen LogP contribution in [0.5, 0.6) is 0 Å². The lowest BCUT2D eigenvalue weighted by atomic mass is 9.86. The number of halogens is 1. The largest absolute Gasteiger partial charge is 0.373 e. The first-order valence-corrected chi connectivity index (χ1v) is 5.73. The standard InChI is InChI=1S/C12H16BrN/c1-8-10(13)6-5-9-11(8)14(4)7-12(9,2)3/h5-6H,7H2,1-4H3. The lowest BCUT2D eigenvalue weighted by Gasteiger charge is -2.18. The first-order valence-electron chi connectivity index (χ1n) is 4.94. The van der Waals surface area contributed by atoms with Crippen molar-refractivity contribution in [3.05, 3.63) is 27.7 Å². The van der Waals surface area contributed by atoms with Crippen LogP contribution >= 0.6 is 15.9 Å². The second-order valence-electron chi connectivity index (χ2n) is 4.81. The molecule has 1 nitrogen and oxygen atoms in total. The Morgan fingerprint density at radius 3 is 2.64 bits per heavy atom. The first kappa shape index (κ1) is 10.0. The molecule has 0 fully saturated rings. The Morgan fingerprint density at radius 2 is 2.00 bits per heavy atom. The summed E-state index contributed by atoms with van der Waals surface area (Å²) in [5.74, 6) is 0. The van der Waals surface area contributed by atoms with Crippen LogP contribution in [0.4, 0.5) is 5.69 Å². The fourth-order valence-corrected chi connectivity index (χ4v) is 2.79. The predicted octanol–water partition coefficient (Wildman–Crippen LogP) is 3.48. The van der Waals surface area contributed by atoms with E-state index in [0.29, 0.717) is 0 Å². The van der Waals surface area contributed by atoms with E-state index in [1.54, 1.807) is 0 Å². The maximum Gasteiger partial charge on any atom is 0.0443 e. The molecule has 0 saturated heterocycles. The number of fused-ring (bicyclic) bond motifs is 1. The molecule has 0 aliphatic carbocycles. The zero-order chi connectivity index (χ0) is 10.5. The van der Waals surface area contributed by atoms with Gasteiger partial charge < -0.3 is 4.90 Å². The SMILES string of the molecule is Cc1c(Br)ccc2c1N(C)CC2(C)C. The molecule has 2 rings (SSSR count). The first-order chi connectivity index (χ1) is 6.43. The molecule has 1 aliphatic rings. The Morgan fingerprint density at radius 1 is 1.36 bits per heavy atom. The second kappa shape index (κ2) is 2.99. The van der Waals surface area contributed by atoms with E-state index in [1.165, 1.54) is 21.3 Å². The molecule has 0 bridgehead atoms. The number of likely N-dealkylation sites (N-methyl/N-ethyl adjacent to an activating group) is 1. The molecule has 1 heterocycles. The average Bonchev–Trinajstić information content (AvgIpc) is 2.29. The van der Waals surface area contributed by atoms with Gasteiger partial charge in [-0.2, -0.15) is 0 Å². The third-order valence-electron chi connectivity index (χ3n) is 3.11. The molecule has 14 heavy (non-hydrogen) atoms. The van der Waals surface area contributed by atoms with Gasteiger partial charge >= 0.3 is 0 Å². The molecule has 1 aliphatic heterocycles. The maximum atomic E-state index is 3.59. The summed E-state index contributed by atoms with van der Waals surface area (Å²) in [7, 11) is 2.17. The van der Waals surface area contributed by atoms with Gasteiger partial charge in [0.05, 0.1) is 0 Å². The van der Waals surface area contributed by atoms with Crippen LogP contribution in [0.25, 0.3) is 0 Å². The van der Waals surface area contributed by atoms with Gasteiger partial charge in [0.25, 0.3) is 0 Å². The van der Waals surface area contributed by atoms with Crippen molar-refractivity contribution in [2.75, 3.05) is 18.5 Å². The summed E-state index contributed by atoms with van der Waals surface area (Å²) in [6.45, 7) is 7.91. The number of rotatable bonds is 0. The summed E-state index contributed by atoms with van der Waals surface area (Å²) < 4.78 is 1.21. The smallest absolute Gasteiger partial charge is 0.0443 e. The number of hydrogen-bond donors (Lipinski definition) is 0. The Kier molecular flexibility index (Phi) is 2.15. The second-order valence-corrected chi connectivity index (χ2v) is 5.66. The third-order valence-corrected chi connectivity index (χ3v) is 3.97. The van der Waals surface area contributed by atoms with Crippen molar-refractivity contribution in [1.29, 1.82) is 0 Å². The molecule has 0 atom stereocenters. The van der Waals surface area contributed by atoms with E-state index in [2.05, 4.69) is 60.8 Å². The molecule has 1 aromatic carbocycles. The molecule has 0 aromatic heterocycles. The fraction of sp³-hybridized carbons (Fsp3) is 0.500. The summed E-state index contributed by atoms with van der Waals surface area (Å²) in [4.78, 5) is 2.36. The molecule has 0 amide bonds. The van der Waals surface area contributed by atoms with Crippen molar-refractivity contribution in [1.82, 2.24) is 0 Å². The van der Waals surface area contributed by atoms with Gasteiger partial charge in [-0.15, -0.1) is 0 Å². The Labute approximate surface area is 94.2 Å². The zero-order valence-corrected chi connectivity index (χ0v) is 10.8. The summed E-state index contributed by atoms with van der Waals surface area (Å²) >= 11 is 3.59. The van der Waals surface area contributed by atoms with E-state index >= 15 is 0 Å². The van der Waals surface area contributed by atoms with Gasteiger partial charge in [0.2, 0.25) is 0 Å². The van der Waals surface area contributed by atoms with Crippen LogP contribution in [-0.4, -0.2) is 13.6 Å². The van der Waals surface area contributed by atoms with Crippen molar-refractivity contribution in [2.45, 2.75) is 26.2 Å². The van der Waals surface area contributed by atoms with Gasteiger partial charge in [0, 0.05) is 29.2 Å². The Bertz CT molecular complexity index is 382. The Hall–Kier alpha value is -0.500. The average molecular weight is 254 g/mol. The number of nitrogens with zero attached hydrogens (tertiary/aromatic N) is 1. The van der Waals surface area contributed by atoms with Crippen LogP contribution in [-0.2, 0) is 5.41 Å². The molecule has 2 heteroatoms. The van der Waals surface area contributed by atoms with E-state index in [4.69, 9.17) is 0 Å². The van der Waals surface area contributed by atoms with E-state index in [0.717, 1.165) is 6.54 Å². The number of benzene rings is 1. The molecule has 0 saturated carbocycles. The van der Waals surface area contributed by atoms with Crippen LogP contribution in [0.1, 0.15) is 25.0 Å². The zero-order valence-electron chi connectivity index (χ0n) is 9.19. The maximum absolute atomic E-state index is 3.59. The third kappa shape index (κ3) is 1.28. The van der Waals surface area contributed by atoms with Crippen molar-refractivity contribution in [3.8, 4) is 0 Å². The van der Waals surface area contributed by atoms with Crippen LogP contribution in [0, 0.1) is 6.92 Å². The minimum atomic E-state index is 0.287. The quantitative estimate of drug-likeness (QED) is 0.685. The summed E-state index contributed by atoms with van der Waals surface area (Å²) in [5, 5.41) is 0. The minimum Gasteiger partial charge on any atom is -0.373 e. The van der Waals surface area contributed by atoms with Crippen molar-refractivity contribution < 1.29 is 0 Å². The van der Waals surface area contributed by atoms with Crippen molar-refractivity contribution in [3.63, 3.8) is 0 Å². The number of hydrogen-bond acceptors (Lipinski definition) is 1. The van der Waals surface area contributed by atoms with E-state index < -0.39 is 0 Å². The van der Waals surface area contributed by atoms with Gasteiger partial charge in [0.1, 0.15) is 0 Å². The van der Waals surface area contributed by atoms with Crippen molar-refractivity contribution >= 4 is 21.6 Å². The molecule has 0 N–H and O–H groups in total. The van der Waals surface area contributed by atoms with E-state index in [1.807, 2.05) is 0 Å². The van der Waals surface area contributed by atoms with Gasteiger partial charge in [-0.1, -0.05) is 35.8 Å². The van der Waals surface area contributed by atoms with Crippen molar-refractivity contribution in [2.24, 2.45) is 0 Å². The monoisotopic (exact) mass is 253 g/mol. The molecular weight excluding hydrogens is 238 g/mol. The number of anilines is 1. The van der Waals surface area contributed by atoms with Crippen LogP contribution < -0.4 is 4.90 Å². The Balaban J connectivity index is 2.69. The summed E-state index contributed by atoms with van der Waals surface area (Å²) in [5.41, 5.74) is 4.52. The van der Waals surface area contributed by atoms with Crippen LogP contribution in [0.2, 0.25) is 0 Å². The molecular formula is C12H16BrN. The van der Waals surface area contributed by atoms with Gasteiger partial charge in [0.15, 0.2) is 0 Å². The predicted molar refractivity (Wildman–Crippen MR) is 65.2 cm³/mol. The lowest BCUT2D eigenvalue weighted by Crippen LogP contribution is -2.25. The minimum absolute atomic E-state index is 0.287. The van der Waals surface area contributed by atoms with Gasteiger partial charge in [-0.05, 0) is 24.1 Å². The highest BCUT2D eigenvalue weighted by molar-refractivity contribution is 9.10.